The number of carbonyl (C=O) groups is 1. The topological polar surface area (TPSA) is 72.3 Å². The summed E-state index contributed by atoms with van der Waals surface area (Å²) in [5.41, 5.74) is 1.02. The zero-order valence-electron chi connectivity index (χ0n) is 17.0. The Balaban J connectivity index is 1.63. The van der Waals surface area contributed by atoms with Crippen LogP contribution in [0.2, 0.25) is 10.0 Å². The molecule has 2 aromatic heterocycles. The molecule has 1 atom stereocenters. The highest BCUT2D eigenvalue weighted by molar-refractivity contribution is 6.45. The zero-order valence-corrected chi connectivity index (χ0v) is 18.5. The number of hydrogen-bond donors (Lipinski definition) is 1. The van der Waals surface area contributed by atoms with E-state index >= 15 is 0 Å². The number of alkyl carbamates (subject to hydrolysis) is 1. The van der Waals surface area contributed by atoms with Crippen LogP contribution in [0.4, 0.5) is 10.6 Å². The maximum atomic E-state index is 12.1. The second kappa shape index (κ2) is 7.96. The molecule has 0 aliphatic carbocycles. The van der Waals surface area contributed by atoms with Gasteiger partial charge in [0.05, 0.1) is 33.6 Å². The molecule has 1 N–H and O–H groups in total. The van der Waals surface area contributed by atoms with Crippen molar-refractivity contribution in [2.45, 2.75) is 38.8 Å². The number of halogens is 2. The minimum Gasteiger partial charge on any atom is -0.444 e. The summed E-state index contributed by atoms with van der Waals surface area (Å²) in [6.45, 7) is 6.91. The molecular formula is C21H23Cl2N5O2. The number of anilines is 1. The summed E-state index contributed by atoms with van der Waals surface area (Å²) in [6.07, 6.45) is 5.72. The van der Waals surface area contributed by atoms with Crippen LogP contribution in [-0.2, 0) is 4.74 Å². The average molecular weight is 448 g/mol. The molecule has 0 radical (unpaired) electrons. The summed E-state index contributed by atoms with van der Waals surface area (Å²) in [5, 5.41) is 4.70. The predicted octanol–water partition coefficient (Wildman–Crippen LogP) is 4.83. The number of fused-ring (bicyclic) bond motifs is 1. The molecule has 1 unspecified atom stereocenters. The van der Waals surface area contributed by atoms with Crippen LogP contribution < -0.4 is 10.2 Å². The number of imidazole rings is 1. The lowest BCUT2D eigenvalue weighted by atomic mass is 10.1. The van der Waals surface area contributed by atoms with E-state index in [0.29, 0.717) is 22.1 Å². The van der Waals surface area contributed by atoms with Gasteiger partial charge in [-0.25, -0.2) is 14.8 Å². The van der Waals surface area contributed by atoms with Crippen molar-refractivity contribution < 1.29 is 9.53 Å². The van der Waals surface area contributed by atoms with Crippen molar-refractivity contribution in [3.05, 3.63) is 47.0 Å². The first kappa shape index (κ1) is 20.8. The van der Waals surface area contributed by atoms with Gasteiger partial charge in [0.1, 0.15) is 11.4 Å². The van der Waals surface area contributed by atoms with Crippen molar-refractivity contribution in [1.29, 1.82) is 0 Å². The third-order valence-corrected chi connectivity index (χ3v) is 5.65. The number of rotatable bonds is 3. The Bertz CT molecular complexity index is 1080. The number of nitrogens with one attached hydrogen (secondary N) is 1. The predicted molar refractivity (Wildman–Crippen MR) is 119 cm³/mol. The Kier molecular flexibility index (Phi) is 5.51. The molecule has 1 fully saturated rings. The van der Waals surface area contributed by atoms with Gasteiger partial charge in [-0.15, -0.1) is 0 Å². The van der Waals surface area contributed by atoms with Gasteiger partial charge in [0.15, 0.2) is 0 Å². The first-order chi connectivity index (χ1) is 14.2. The number of ether oxygens (including phenoxy) is 1. The Hall–Kier alpha value is -2.51. The molecule has 4 rings (SSSR count). The molecule has 0 bridgehead atoms. The van der Waals surface area contributed by atoms with Crippen LogP contribution in [0.5, 0.6) is 0 Å². The molecular weight excluding hydrogens is 425 g/mol. The first-order valence-electron chi connectivity index (χ1n) is 9.73. The third-order valence-electron chi connectivity index (χ3n) is 4.85. The highest BCUT2D eigenvalue weighted by Gasteiger charge is 2.28. The highest BCUT2D eigenvalue weighted by atomic mass is 35.5. The molecule has 7 nitrogen and oxygen atoms in total. The van der Waals surface area contributed by atoms with E-state index in [4.69, 9.17) is 32.9 Å². The van der Waals surface area contributed by atoms with E-state index in [0.717, 1.165) is 29.9 Å². The zero-order chi connectivity index (χ0) is 21.5. The molecule has 158 valence electrons. The molecule has 3 heterocycles. The van der Waals surface area contributed by atoms with Crippen LogP contribution in [0.3, 0.4) is 0 Å². The molecule has 1 aromatic carbocycles. The summed E-state index contributed by atoms with van der Waals surface area (Å²) in [4.78, 5) is 23.2. The Morgan fingerprint density at radius 2 is 2.10 bits per heavy atom. The molecule has 30 heavy (non-hydrogen) atoms. The molecule has 1 aliphatic heterocycles. The second-order valence-electron chi connectivity index (χ2n) is 8.30. The number of carbonyl (C=O) groups excluding carboxylic acids is 1. The maximum Gasteiger partial charge on any atom is 0.407 e. The van der Waals surface area contributed by atoms with Crippen LogP contribution in [0.1, 0.15) is 27.2 Å². The number of amides is 1. The average Bonchev–Trinajstić information content (AvgIpc) is 3.34. The van der Waals surface area contributed by atoms with Crippen molar-refractivity contribution in [2.24, 2.45) is 0 Å². The number of pyridine rings is 1. The SMILES string of the molecule is CC(C)(C)OC(=O)NC1CCN(c2cc(-n3ccnc3)c3ccc(Cl)c(Cl)c3n2)C1. The van der Waals surface area contributed by atoms with E-state index in [-0.39, 0.29) is 6.04 Å². The first-order valence-corrected chi connectivity index (χ1v) is 10.5. The molecule has 1 saturated heterocycles. The van der Waals surface area contributed by atoms with Crippen molar-refractivity contribution in [3.63, 3.8) is 0 Å². The van der Waals surface area contributed by atoms with Gasteiger partial charge in [0.2, 0.25) is 0 Å². The van der Waals surface area contributed by atoms with Gasteiger partial charge in [0.25, 0.3) is 0 Å². The smallest absolute Gasteiger partial charge is 0.407 e. The van der Waals surface area contributed by atoms with Crippen LogP contribution in [-0.4, -0.2) is 45.4 Å². The second-order valence-corrected chi connectivity index (χ2v) is 9.09. The van der Waals surface area contributed by atoms with Gasteiger partial charge >= 0.3 is 6.09 Å². The summed E-state index contributed by atoms with van der Waals surface area (Å²) in [5.74, 6) is 0.767. The van der Waals surface area contributed by atoms with Gasteiger partial charge < -0.3 is 19.5 Å². The monoisotopic (exact) mass is 447 g/mol. The molecule has 0 spiro atoms. The Morgan fingerprint density at radius 3 is 2.80 bits per heavy atom. The normalized spacial score (nSPS) is 16.8. The van der Waals surface area contributed by atoms with Crippen molar-refractivity contribution in [1.82, 2.24) is 19.9 Å². The van der Waals surface area contributed by atoms with E-state index in [1.807, 2.05) is 43.7 Å². The Morgan fingerprint density at radius 1 is 1.30 bits per heavy atom. The maximum absolute atomic E-state index is 12.1. The fourth-order valence-corrected chi connectivity index (χ4v) is 3.90. The lowest BCUT2D eigenvalue weighted by Crippen LogP contribution is -2.40. The van der Waals surface area contributed by atoms with E-state index in [1.165, 1.54) is 0 Å². The molecule has 1 aliphatic rings. The van der Waals surface area contributed by atoms with Gasteiger partial charge in [-0.05, 0) is 39.3 Å². The summed E-state index contributed by atoms with van der Waals surface area (Å²) in [7, 11) is 0. The fourth-order valence-electron chi connectivity index (χ4n) is 3.54. The van der Waals surface area contributed by atoms with E-state index in [2.05, 4.69) is 15.2 Å². The Labute approximate surface area is 184 Å². The van der Waals surface area contributed by atoms with Crippen molar-refractivity contribution >= 4 is 46.0 Å². The number of hydrogen-bond acceptors (Lipinski definition) is 5. The lowest BCUT2D eigenvalue weighted by molar-refractivity contribution is 0.0509. The van der Waals surface area contributed by atoms with Crippen LogP contribution in [0.15, 0.2) is 36.9 Å². The van der Waals surface area contributed by atoms with Crippen molar-refractivity contribution in [2.75, 3.05) is 18.0 Å². The van der Waals surface area contributed by atoms with Gasteiger partial charge in [-0.3, -0.25) is 0 Å². The van der Waals surface area contributed by atoms with Crippen LogP contribution >= 0.6 is 23.2 Å². The molecule has 9 heteroatoms. The standard InChI is InChI=1S/C21H23Cl2N5O2/c1-21(2,3)30-20(29)25-13-6-8-27(11-13)17-10-16(28-9-7-24-12-28)14-4-5-15(22)18(23)19(14)26-17/h4-5,7,9-10,12-13H,6,8,11H2,1-3H3,(H,25,29). The summed E-state index contributed by atoms with van der Waals surface area (Å²) >= 11 is 12.7. The van der Waals surface area contributed by atoms with Crippen LogP contribution in [0, 0.1) is 0 Å². The number of aromatic nitrogens is 3. The molecule has 1 amide bonds. The third kappa shape index (κ3) is 4.32. The largest absolute Gasteiger partial charge is 0.444 e. The molecule has 0 saturated carbocycles. The summed E-state index contributed by atoms with van der Waals surface area (Å²) in [6, 6.07) is 5.66. The van der Waals surface area contributed by atoms with E-state index in [1.54, 1.807) is 18.6 Å². The minimum absolute atomic E-state index is 0.0242. The van der Waals surface area contributed by atoms with Gasteiger partial charge in [-0.1, -0.05) is 23.2 Å². The van der Waals surface area contributed by atoms with E-state index < -0.39 is 11.7 Å². The fraction of sp³-hybridized carbons (Fsp3) is 0.381. The van der Waals surface area contributed by atoms with Gasteiger partial charge in [-0.2, -0.15) is 0 Å². The van der Waals surface area contributed by atoms with Crippen molar-refractivity contribution in [3.8, 4) is 5.69 Å². The highest BCUT2D eigenvalue weighted by Crippen LogP contribution is 2.35. The quantitative estimate of drug-likeness (QED) is 0.622. The molecule has 3 aromatic rings. The minimum atomic E-state index is -0.530. The summed E-state index contributed by atoms with van der Waals surface area (Å²) < 4.78 is 7.29. The number of nitrogens with zero attached hydrogens (tertiary/aromatic N) is 4. The number of benzene rings is 1. The van der Waals surface area contributed by atoms with Gasteiger partial charge in [0, 0.05) is 36.9 Å². The van der Waals surface area contributed by atoms with Crippen LogP contribution in [0.25, 0.3) is 16.6 Å². The van der Waals surface area contributed by atoms with E-state index in [9.17, 15) is 4.79 Å². The lowest BCUT2D eigenvalue weighted by Gasteiger charge is -2.23.